The van der Waals surface area contributed by atoms with E-state index in [-0.39, 0.29) is 17.2 Å². The van der Waals surface area contributed by atoms with E-state index in [1.165, 1.54) is 24.9 Å². The Morgan fingerprint density at radius 1 is 1.33 bits per heavy atom. The molecule has 1 aliphatic heterocycles. The highest BCUT2D eigenvalue weighted by atomic mass is 19.1. The fraction of sp³-hybridized carbons (Fsp3) is 0.500. The van der Waals surface area contributed by atoms with Crippen LogP contribution in [0.3, 0.4) is 0 Å². The maximum absolute atomic E-state index is 13.8. The zero-order valence-corrected chi connectivity index (χ0v) is 16.2. The molecular formula is C20H27FN4O2. The van der Waals surface area contributed by atoms with E-state index in [0.29, 0.717) is 12.5 Å². The summed E-state index contributed by atoms with van der Waals surface area (Å²) in [6.45, 7) is 8.69. The van der Waals surface area contributed by atoms with E-state index < -0.39 is 5.82 Å². The molecule has 0 fully saturated rings. The lowest BCUT2D eigenvalue weighted by atomic mass is 10.2. The van der Waals surface area contributed by atoms with Crippen LogP contribution in [-0.2, 0) is 19.6 Å². The van der Waals surface area contributed by atoms with Crippen molar-refractivity contribution in [2.24, 2.45) is 5.92 Å². The molecule has 1 aromatic carbocycles. The Hall–Kier alpha value is -2.41. The van der Waals surface area contributed by atoms with Gasteiger partial charge >= 0.3 is 0 Å². The first-order valence-corrected chi connectivity index (χ1v) is 9.36. The maximum atomic E-state index is 13.8. The second-order valence-corrected chi connectivity index (χ2v) is 7.36. The van der Waals surface area contributed by atoms with E-state index >= 15 is 0 Å². The summed E-state index contributed by atoms with van der Waals surface area (Å²) < 4.78 is 20.7. The molecule has 0 saturated heterocycles. The molecule has 27 heavy (non-hydrogen) atoms. The van der Waals surface area contributed by atoms with Gasteiger partial charge < -0.3 is 10.1 Å². The zero-order chi connectivity index (χ0) is 19.4. The van der Waals surface area contributed by atoms with Crippen molar-refractivity contribution in [3.63, 3.8) is 0 Å². The third-order valence-corrected chi connectivity index (χ3v) is 4.61. The first-order valence-electron chi connectivity index (χ1n) is 9.36. The van der Waals surface area contributed by atoms with E-state index in [0.717, 1.165) is 38.3 Å². The van der Waals surface area contributed by atoms with Crippen LogP contribution in [0.4, 0.5) is 4.39 Å². The Morgan fingerprint density at radius 2 is 2.15 bits per heavy atom. The largest absolute Gasteiger partial charge is 0.494 e. The summed E-state index contributed by atoms with van der Waals surface area (Å²) in [6, 6.07) is 6.23. The predicted molar refractivity (Wildman–Crippen MR) is 101 cm³/mol. The zero-order valence-electron chi connectivity index (χ0n) is 16.2. The van der Waals surface area contributed by atoms with Crippen LogP contribution >= 0.6 is 0 Å². The average Bonchev–Trinajstić information content (AvgIpc) is 2.91. The lowest BCUT2D eigenvalue weighted by Crippen LogP contribution is -2.27. The van der Waals surface area contributed by atoms with E-state index in [9.17, 15) is 9.18 Å². The summed E-state index contributed by atoms with van der Waals surface area (Å²) in [5.41, 5.74) is 2.25. The third-order valence-electron chi connectivity index (χ3n) is 4.61. The quantitative estimate of drug-likeness (QED) is 0.845. The number of carbonyl (C=O) groups is 1. The molecule has 0 spiro atoms. The molecule has 7 heteroatoms. The molecule has 2 heterocycles. The normalized spacial score (nSPS) is 14.7. The van der Waals surface area contributed by atoms with Crippen molar-refractivity contribution in [2.45, 2.75) is 39.9 Å². The highest BCUT2D eigenvalue weighted by Gasteiger charge is 2.18. The van der Waals surface area contributed by atoms with Crippen LogP contribution in [0.2, 0.25) is 0 Å². The predicted octanol–water partition coefficient (Wildman–Crippen LogP) is 2.82. The van der Waals surface area contributed by atoms with Crippen molar-refractivity contribution in [1.82, 2.24) is 20.0 Å². The van der Waals surface area contributed by atoms with Gasteiger partial charge in [-0.2, -0.15) is 5.10 Å². The Balaban J connectivity index is 1.62. The number of nitrogens with one attached hydrogen (secondary N) is 1. The number of halogens is 1. The Labute approximate surface area is 159 Å². The van der Waals surface area contributed by atoms with Gasteiger partial charge in [0.2, 0.25) is 0 Å². The number of hydrogen-bond acceptors (Lipinski definition) is 4. The van der Waals surface area contributed by atoms with Gasteiger partial charge in [0.1, 0.15) is 0 Å². The first-order chi connectivity index (χ1) is 13.0. The average molecular weight is 374 g/mol. The summed E-state index contributed by atoms with van der Waals surface area (Å²) in [6.07, 6.45) is 1.07. The van der Waals surface area contributed by atoms with Gasteiger partial charge in [-0.1, -0.05) is 13.8 Å². The van der Waals surface area contributed by atoms with Gasteiger partial charge in [0.25, 0.3) is 5.91 Å². The molecule has 2 aromatic rings. The summed E-state index contributed by atoms with van der Waals surface area (Å²) >= 11 is 0. The molecule has 6 nitrogen and oxygen atoms in total. The lowest BCUT2D eigenvalue weighted by Gasteiger charge is -2.21. The van der Waals surface area contributed by atoms with Crippen LogP contribution in [0.15, 0.2) is 24.3 Å². The number of methoxy groups -OCH3 is 1. The Morgan fingerprint density at radius 3 is 2.85 bits per heavy atom. The van der Waals surface area contributed by atoms with Crippen LogP contribution in [0.5, 0.6) is 5.75 Å². The van der Waals surface area contributed by atoms with Crippen LogP contribution in [-0.4, -0.2) is 40.8 Å². The molecule has 1 aromatic heterocycles. The standard InChI is InChI=1S/C20H27FN4O2/c1-14(2)12-24-7-4-8-25-17(13-24)10-16(23-25)11-22-20(26)15-5-6-19(27-3)18(21)9-15/h5-6,9-10,14H,4,7-8,11-13H2,1-3H3,(H,22,26). The van der Waals surface area contributed by atoms with Crippen LogP contribution < -0.4 is 10.1 Å². The number of benzene rings is 1. The van der Waals surface area contributed by atoms with Gasteiger partial charge in [-0.05, 0) is 36.6 Å². The highest BCUT2D eigenvalue weighted by Crippen LogP contribution is 2.18. The van der Waals surface area contributed by atoms with E-state index in [1.807, 2.05) is 10.7 Å². The molecule has 1 N–H and O–H groups in total. The molecule has 0 aliphatic carbocycles. The first kappa shape index (κ1) is 19.4. The topological polar surface area (TPSA) is 59.4 Å². The van der Waals surface area contributed by atoms with E-state index in [1.54, 1.807) is 6.07 Å². The van der Waals surface area contributed by atoms with Gasteiger partial charge in [-0.3, -0.25) is 14.4 Å². The molecule has 0 radical (unpaired) electrons. The van der Waals surface area contributed by atoms with Crippen molar-refractivity contribution >= 4 is 5.91 Å². The fourth-order valence-corrected chi connectivity index (χ4v) is 3.43. The second-order valence-electron chi connectivity index (χ2n) is 7.36. The van der Waals surface area contributed by atoms with Gasteiger partial charge in [0, 0.05) is 31.7 Å². The minimum Gasteiger partial charge on any atom is -0.494 e. The van der Waals surface area contributed by atoms with Gasteiger partial charge in [0.15, 0.2) is 11.6 Å². The molecule has 0 atom stereocenters. The highest BCUT2D eigenvalue weighted by molar-refractivity contribution is 5.94. The molecule has 1 aliphatic rings. The fourth-order valence-electron chi connectivity index (χ4n) is 3.43. The monoisotopic (exact) mass is 374 g/mol. The smallest absolute Gasteiger partial charge is 0.251 e. The van der Waals surface area contributed by atoms with Crippen LogP contribution in [0.1, 0.15) is 42.0 Å². The summed E-state index contributed by atoms with van der Waals surface area (Å²) in [4.78, 5) is 14.7. The van der Waals surface area contributed by atoms with Crippen molar-refractivity contribution in [3.8, 4) is 5.75 Å². The van der Waals surface area contributed by atoms with Gasteiger partial charge in [-0.25, -0.2) is 4.39 Å². The number of carbonyl (C=O) groups excluding carboxylic acids is 1. The van der Waals surface area contributed by atoms with Gasteiger partial charge in [0.05, 0.1) is 25.0 Å². The summed E-state index contributed by atoms with van der Waals surface area (Å²) in [7, 11) is 1.39. The molecule has 0 unspecified atom stereocenters. The second kappa shape index (κ2) is 8.52. The number of rotatable bonds is 6. The van der Waals surface area contributed by atoms with E-state index in [4.69, 9.17) is 4.74 Å². The number of fused-ring (bicyclic) bond motifs is 1. The van der Waals surface area contributed by atoms with Crippen molar-refractivity contribution < 1.29 is 13.9 Å². The number of hydrogen-bond donors (Lipinski definition) is 1. The molecule has 1 amide bonds. The van der Waals surface area contributed by atoms with Crippen molar-refractivity contribution in [1.29, 1.82) is 0 Å². The maximum Gasteiger partial charge on any atom is 0.251 e. The number of ether oxygens (including phenoxy) is 1. The lowest BCUT2D eigenvalue weighted by molar-refractivity contribution is 0.0950. The number of nitrogens with zero attached hydrogens (tertiary/aromatic N) is 3. The molecule has 146 valence electrons. The van der Waals surface area contributed by atoms with Crippen LogP contribution in [0, 0.1) is 11.7 Å². The molecule has 3 rings (SSSR count). The number of aryl methyl sites for hydroxylation is 1. The Bertz CT molecular complexity index is 803. The van der Waals surface area contributed by atoms with Crippen molar-refractivity contribution in [2.75, 3.05) is 20.2 Å². The number of aromatic nitrogens is 2. The third kappa shape index (κ3) is 4.86. The van der Waals surface area contributed by atoms with E-state index in [2.05, 4.69) is 29.2 Å². The van der Waals surface area contributed by atoms with Crippen molar-refractivity contribution in [3.05, 3.63) is 47.0 Å². The van der Waals surface area contributed by atoms with Gasteiger partial charge in [-0.15, -0.1) is 0 Å². The van der Waals surface area contributed by atoms with Crippen LogP contribution in [0.25, 0.3) is 0 Å². The minimum atomic E-state index is -0.552. The molecule has 0 saturated carbocycles. The SMILES string of the molecule is COc1ccc(C(=O)NCc2cc3n(n2)CCCN(CC(C)C)C3)cc1F. The summed E-state index contributed by atoms with van der Waals surface area (Å²) in [5.74, 6) is -0.135. The molecule has 0 bridgehead atoms. The molecular weight excluding hydrogens is 347 g/mol. The minimum absolute atomic E-state index is 0.121. The Kier molecular flexibility index (Phi) is 6.11. The summed E-state index contributed by atoms with van der Waals surface area (Å²) in [5, 5.41) is 7.43. The number of amides is 1.